The molecule has 1 aromatic carbocycles. The predicted molar refractivity (Wildman–Crippen MR) is 81.2 cm³/mol. The van der Waals surface area contributed by atoms with E-state index in [-0.39, 0.29) is 6.04 Å². The first kappa shape index (κ1) is 13.5. The number of nitrogens with zero attached hydrogens (tertiary/aromatic N) is 4. The molecule has 3 rings (SSSR count). The number of hydrogen-bond donors (Lipinski definition) is 0. The van der Waals surface area contributed by atoms with Gasteiger partial charge in [-0.3, -0.25) is 4.68 Å². The quantitative estimate of drug-likeness (QED) is 0.686. The molecule has 1 unspecified atom stereocenters. The molecule has 2 aromatic heterocycles. The van der Waals surface area contributed by atoms with E-state index in [2.05, 4.69) is 21.6 Å². The van der Waals surface area contributed by atoms with Crippen LogP contribution in [0.4, 0.5) is 0 Å². The van der Waals surface area contributed by atoms with Crippen LogP contribution in [0, 0.1) is 0 Å². The Kier molecular flexibility index (Phi) is 3.68. The van der Waals surface area contributed by atoms with Gasteiger partial charge in [-0.1, -0.05) is 11.6 Å². The van der Waals surface area contributed by atoms with Crippen molar-refractivity contribution in [1.29, 1.82) is 0 Å². The SMILES string of the molecule is CC(Cn1cccn1)n1c(CCl)nc2cc(Cl)ccc21. The standard InChI is InChI=1S/C14H14Cl2N4/c1-10(9-19-6-2-5-17-19)20-13-4-3-11(16)7-12(13)18-14(20)8-15/h2-7,10H,8-9H2,1H3. The molecule has 0 saturated heterocycles. The largest absolute Gasteiger partial charge is 0.322 e. The molecule has 6 heteroatoms. The summed E-state index contributed by atoms with van der Waals surface area (Å²) in [5, 5.41) is 4.93. The molecule has 20 heavy (non-hydrogen) atoms. The summed E-state index contributed by atoms with van der Waals surface area (Å²) in [7, 11) is 0. The molecule has 104 valence electrons. The number of hydrogen-bond acceptors (Lipinski definition) is 2. The van der Waals surface area contributed by atoms with E-state index in [1.807, 2.05) is 35.1 Å². The van der Waals surface area contributed by atoms with Crippen LogP contribution in [0.25, 0.3) is 11.0 Å². The third-order valence-corrected chi connectivity index (χ3v) is 3.77. The molecule has 0 aliphatic carbocycles. The molecule has 0 N–H and O–H groups in total. The van der Waals surface area contributed by atoms with Crippen LogP contribution >= 0.6 is 23.2 Å². The fourth-order valence-corrected chi connectivity index (χ4v) is 2.82. The summed E-state index contributed by atoms with van der Waals surface area (Å²) in [6.45, 7) is 2.90. The van der Waals surface area contributed by atoms with Crippen molar-refractivity contribution in [3.05, 3.63) is 47.5 Å². The van der Waals surface area contributed by atoms with Gasteiger partial charge in [0.05, 0.1) is 29.5 Å². The van der Waals surface area contributed by atoms with Crippen LogP contribution in [-0.4, -0.2) is 19.3 Å². The van der Waals surface area contributed by atoms with E-state index in [0.717, 1.165) is 23.4 Å². The topological polar surface area (TPSA) is 35.6 Å². The first-order chi connectivity index (χ1) is 9.69. The molecule has 1 atom stereocenters. The number of aromatic nitrogens is 4. The Morgan fingerprint density at radius 1 is 1.35 bits per heavy atom. The molecule has 4 nitrogen and oxygen atoms in total. The fourth-order valence-electron chi connectivity index (χ4n) is 2.47. The van der Waals surface area contributed by atoms with E-state index < -0.39 is 0 Å². The highest BCUT2D eigenvalue weighted by Gasteiger charge is 2.16. The van der Waals surface area contributed by atoms with Gasteiger partial charge in [-0.2, -0.15) is 5.10 Å². The Bertz CT molecular complexity index is 718. The van der Waals surface area contributed by atoms with Gasteiger partial charge in [-0.05, 0) is 31.2 Å². The van der Waals surface area contributed by atoms with E-state index in [0.29, 0.717) is 10.9 Å². The van der Waals surface area contributed by atoms with E-state index in [4.69, 9.17) is 23.2 Å². The summed E-state index contributed by atoms with van der Waals surface area (Å²) in [4.78, 5) is 4.56. The number of fused-ring (bicyclic) bond motifs is 1. The third-order valence-electron chi connectivity index (χ3n) is 3.30. The van der Waals surface area contributed by atoms with Crippen LogP contribution < -0.4 is 0 Å². The number of imidazole rings is 1. The second kappa shape index (κ2) is 5.46. The Morgan fingerprint density at radius 2 is 2.20 bits per heavy atom. The predicted octanol–water partition coefficient (Wildman–Crippen LogP) is 3.89. The number of alkyl halides is 1. The lowest BCUT2D eigenvalue weighted by atomic mass is 10.2. The molecule has 0 aliphatic rings. The van der Waals surface area contributed by atoms with Crippen LogP contribution in [0.5, 0.6) is 0 Å². The lowest BCUT2D eigenvalue weighted by Gasteiger charge is -2.17. The summed E-state index contributed by atoms with van der Waals surface area (Å²) in [5.41, 5.74) is 1.92. The molecule has 2 heterocycles. The summed E-state index contributed by atoms with van der Waals surface area (Å²) in [5.74, 6) is 1.22. The van der Waals surface area contributed by atoms with E-state index in [1.54, 1.807) is 6.20 Å². The summed E-state index contributed by atoms with van der Waals surface area (Å²) in [6, 6.07) is 7.85. The minimum Gasteiger partial charge on any atom is -0.322 e. The van der Waals surface area contributed by atoms with Gasteiger partial charge in [-0.25, -0.2) is 4.98 Å². The molecule has 0 saturated carbocycles. The van der Waals surface area contributed by atoms with Gasteiger partial charge < -0.3 is 4.57 Å². The molecular weight excluding hydrogens is 295 g/mol. The zero-order valence-electron chi connectivity index (χ0n) is 11.0. The maximum absolute atomic E-state index is 6.03. The Hall–Kier alpha value is -1.52. The van der Waals surface area contributed by atoms with Gasteiger partial charge in [0.25, 0.3) is 0 Å². The van der Waals surface area contributed by atoms with Crippen LogP contribution in [-0.2, 0) is 12.4 Å². The molecule has 0 radical (unpaired) electrons. The first-order valence-corrected chi connectivity index (χ1v) is 7.30. The van der Waals surface area contributed by atoms with Gasteiger partial charge in [0, 0.05) is 17.4 Å². The van der Waals surface area contributed by atoms with Crippen molar-refractivity contribution in [1.82, 2.24) is 19.3 Å². The molecule has 0 fully saturated rings. The minimum absolute atomic E-state index is 0.204. The molecular formula is C14H14Cl2N4. The lowest BCUT2D eigenvalue weighted by Crippen LogP contribution is -2.15. The van der Waals surface area contributed by atoms with E-state index in [9.17, 15) is 0 Å². The highest BCUT2D eigenvalue weighted by Crippen LogP contribution is 2.25. The van der Waals surface area contributed by atoms with Crippen molar-refractivity contribution in [3.63, 3.8) is 0 Å². The highest BCUT2D eigenvalue weighted by molar-refractivity contribution is 6.31. The van der Waals surface area contributed by atoms with Gasteiger partial charge in [0.1, 0.15) is 5.82 Å². The van der Waals surface area contributed by atoms with Crippen LogP contribution in [0.15, 0.2) is 36.7 Å². The van der Waals surface area contributed by atoms with E-state index >= 15 is 0 Å². The number of rotatable bonds is 4. The summed E-state index contributed by atoms with van der Waals surface area (Å²) < 4.78 is 4.06. The Morgan fingerprint density at radius 3 is 2.90 bits per heavy atom. The zero-order valence-corrected chi connectivity index (χ0v) is 12.5. The fraction of sp³-hybridized carbons (Fsp3) is 0.286. The van der Waals surface area contributed by atoms with Gasteiger partial charge in [0.2, 0.25) is 0 Å². The first-order valence-electron chi connectivity index (χ1n) is 6.39. The summed E-state index contributed by atoms with van der Waals surface area (Å²) >= 11 is 12.1. The Labute approximate surface area is 126 Å². The highest BCUT2D eigenvalue weighted by atomic mass is 35.5. The molecule has 0 aliphatic heterocycles. The monoisotopic (exact) mass is 308 g/mol. The second-order valence-electron chi connectivity index (χ2n) is 4.74. The maximum Gasteiger partial charge on any atom is 0.125 e. The smallest absolute Gasteiger partial charge is 0.125 e. The van der Waals surface area contributed by atoms with Gasteiger partial charge in [0.15, 0.2) is 0 Å². The van der Waals surface area contributed by atoms with Crippen LogP contribution in [0.1, 0.15) is 18.8 Å². The normalized spacial score (nSPS) is 12.9. The van der Waals surface area contributed by atoms with Crippen LogP contribution in [0.2, 0.25) is 5.02 Å². The number of halogens is 2. The lowest BCUT2D eigenvalue weighted by molar-refractivity contribution is 0.438. The van der Waals surface area contributed by atoms with Crippen molar-refractivity contribution in [3.8, 4) is 0 Å². The van der Waals surface area contributed by atoms with Crippen molar-refractivity contribution >= 4 is 34.2 Å². The average molecular weight is 309 g/mol. The van der Waals surface area contributed by atoms with E-state index in [1.165, 1.54) is 0 Å². The summed E-state index contributed by atoms with van der Waals surface area (Å²) in [6.07, 6.45) is 3.73. The van der Waals surface area contributed by atoms with Crippen molar-refractivity contribution in [2.75, 3.05) is 0 Å². The second-order valence-corrected chi connectivity index (χ2v) is 5.45. The van der Waals surface area contributed by atoms with Crippen molar-refractivity contribution in [2.45, 2.75) is 25.4 Å². The Balaban J connectivity index is 2.04. The van der Waals surface area contributed by atoms with Crippen molar-refractivity contribution in [2.24, 2.45) is 0 Å². The maximum atomic E-state index is 6.03. The average Bonchev–Trinajstić information content (AvgIpc) is 3.04. The van der Waals surface area contributed by atoms with Crippen LogP contribution in [0.3, 0.4) is 0 Å². The molecule has 3 aromatic rings. The third kappa shape index (κ3) is 2.41. The van der Waals surface area contributed by atoms with Gasteiger partial charge in [-0.15, -0.1) is 11.6 Å². The molecule has 0 spiro atoms. The molecule has 0 amide bonds. The number of benzene rings is 1. The van der Waals surface area contributed by atoms with Crippen molar-refractivity contribution < 1.29 is 0 Å². The molecule has 0 bridgehead atoms. The minimum atomic E-state index is 0.204. The zero-order chi connectivity index (χ0) is 14.1. The van der Waals surface area contributed by atoms with Gasteiger partial charge >= 0.3 is 0 Å².